The fourth-order valence-electron chi connectivity index (χ4n) is 4.68. The third-order valence-corrected chi connectivity index (χ3v) is 6.53. The first kappa shape index (κ1) is 21.5. The predicted octanol–water partition coefficient (Wildman–Crippen LogP) is 6.86. The van der Waals surface area contributed by atoms with E-state index < -0.39 is 0 Å². The van der Waals surface area contributed by atoms with Gasteiger partial charge in [-0.3, -0.25) is 4.79 Å². The lowest BCUT2D eigenvalue weighted by molar-refractivity contribution is -0.116. The Hall–Kier alpha value is -3.31. The number of carbonyl (C=O) groups is 1. The van der Waals surface area contributed by atoms with Gasteiger partial charge in [-0.1, -0.05) is 41.9 Å². The normalized spacial score (nSPS) is 19.7. The van der Waals surface area contributed by atoms with Crippen LogP contribution in [0.5, 0.6) is 5.75 Å². The van der Waals surface area contributed by atoms with Crippen molar-refractivity contribution in [3.63, 3.8) is 0 Å². The number of hydrogen-bond acceptors (Lipinski definition) is 4. The van der Waals surface area contributed by atoms with Crippen molar-refractivity contribution in [1.82, 2.24) is 0 Å². The number of nitrogens with one attached hydrogen (secondary N) is 2. The van der Waals surface area contributed by atoms with Crippen LogP contribution < -0.4 is 15.4 Å². The molecular formula is C27H24ClFN2O2. The molecule has 0 saturated carbocycles. The number of allylic oxidation sites excluding steroid dienone is 1. The van der Waals surface area contributed by atoms with Crippen molar-refractivity contribution in [3.05, 3.63) is 100.0 Å². The lowest BCUT2D eigenvalue weighted by Crippen LogP contribution is -2.26. The summed E-state index contributed by atoms with van der Waals surface area (Å²) in [5.41, 5.74) is 5.27. The maximum Gasteiger partial charge on any atom is 0.163 e. The predicted molar refractivity (Wildman–Crippen MR) is 129 cm³/mol. The summed E-state index contributed by atoms with van der Waals surface area (Å²) < 4.78 is 19.0. The number of Topliss-reactive ketones (excluding diaryl/α,β-unsaturated/α-hetero) is 1. The molecule has 1 heterocycles. The van der Waals surface area contributed by atoms with Crippen LogP contribution in [0.25, 0.3) is 0 Å². The van der Waals surface area contributed by atoms with Gasteiger partial charge in [-0.2, -0.15) is 0 Å². The SMILES string of the molecule is CCOc1ccc(C2Nc3ccccc3NC3=C2C(=O)CC(c2ccc(F)cc2)C3)cc1Cl. The van der Waals surface area contributed by atoms with Gasteiger partial charge in [0.2, 0.25) is 0 Å². The first-order valence-corrected chi connectivity index (χ1v) is 11.5. The molecule has 0 spiro atoms. The number of halogens is 2. The summed E-state index contributed by atoms with van der Waals surface area (Å²) in [6.45, 7) is 2.44. The van der Waals surface area contributed by atoms with Gasteiger partial charge < -0.3 is 15.4 Å². The van der Waals surface area contributed by atoms with Gasteiger partial charge in [-0.05, 0) is 66.8 Å². The van der Waals surface area contributed by atoms with Crippen molar-refractivity contribution in [2.24, 2.45) is 0 Å². The zero-order valence-electron chi connectivity index (χ0n) is 18.2. The van der Waals surface area contributed by atoms with E-state index in [-0.39, 0.29) is 23.6 Å². The minimum absolute atomic E-state index is 0.0146. The van der Waals surface area contributed by atoms with Crippen LogP contribution in [0.2, 0.25) is 5.02 Å². The Bertz CT molecular complexity index is 1240. The van der Waals surface area contributed by atoms with Crippen molar-refractivity contribution in [3.8, 4) is 5.75 Å². The van der Waals surface area contributed by atoms with Crippen LogP contribution >= 0.6 is 11.6 Å². The van der Waals surface area contributed by atoms with Crippen molar-refractivity contribution >= 4 is 28.8 Å². The molecule has 0 amide bonds. The summed E-state index contributed by atoms with van der Waals surface area (Å²) >= 11 is 6.50. The second-order valence-corrected chi connectivity index (χ2v) is 8.75. The number of fused-ring (bicyclic) bond motifs is 1. The molecule has 0 fully saturated rings. The number of ether oxygens (including phenoxy) is 1. The Balaban J connectivity index is 1.58. The van der Waals surface area contributed by atoms with Gasteiger partial charge in [-0.15, -0.1) is 0 Å². The highest BCUT2D eigenvalue weighted by Gasteiger charge is 2.36. The van der Waals surface area contributed by atoms with E-state index in [9.17, 15) is 9.18 Å². The quantitative estimate of drug-likeness (QED) is 0.444. The van der Waals surface area contributed by atoms with Crippen LogP contribution in [0, 0.1) is 5.82 Å². The fourth-order valence-corrected chi connectivity index (χ4v) is 4.93. The summed E-state index contributed by atoms with van der Waals surface area (Å²) in [5.74, 6) is 0.391. The smallest absolute Gasteiger partial charge is 0.163 e. The molecule has 2 atom stereocenters. The fraction of sp³-hybridized carbons (Fsp3) is 0.222. The number of para-hydroxylation sites is 2. The number of anilines is 2. The van der Waals surface area contributed by atoms with E-state index in [1.54, 1.807) is 12.1 Å². The zero-order valence-corrected chi connectivity index (χ0v) is 19.0. The molecule has 2 N–H and O–H groups in total. The lowest BCUT2D eigenvalue weighted by atomic mass is 9.78. The average molecular weight is 463 g/mol. The van der Waals surface area contributed by atoms with Crippen molar-refractivity contribution in [2.45, 2.75) is 31.7 Å². The standard InChI is InChI=1S/C27H24ClFN2O2/c1-2-33-25-12-9-17(13-20(25)28)27-26-23(30-21-5-3-4-6-22(21)31-27)14-18(15-24(26)32)16-7-10-19(29)11-8-16/h3-13,18,27,30-31H,2,14-15H2,1H3. The maximum atomic E-state index is 13.6. The molecule has 1 aliphatic heterocycles. The topological polar surface area (TPSA) is 50.4 Å². The molecule has 0 saturated heterocycles. The van der Waals surface area contributed by atoms with E-state index in [2.05, 4.69) is 10.6 Å². The highest BCUT2D eigenvalue weighted by Crippen LogP contribution is 2.45. The third-order valence-electron chi connectivity index (χ3n) is 6.24. The summed E-state index contributed by atoms with van der Waals surface area (Å²) in [6.07, 6.45) is 1.02. The summed E-state index contributed by atoms with van der Waals surface area (Å²) in [4.78, 5) is 13.6. The van der Waals surface area contributed by atoms with Crippen LogP contribution in [0.3, 0.4) is 0 Å². The number of hydrogen-bond donors (Lipinski definition) is 2. The highest BCUT2D eigenvalue weighted by atomic mass is 35.5. The number of rotatable bonds is 4. The van der Waals surface area contributed by atoms with Crippen LogP contribution in [-0.2, 0) is 4.79 Å². The molecule has 6 heteroatoms. The second-order valence-electron chi connectivity index (χ2n) is 8.34. The van der Waals surface area contributed by atoms with Gasteiger partial charge in [0.25, 0.3) is 0 Å². The van der Waals surface area contributed by atoms with E-state index >= 15 is 0 Å². The van der Waals surface area contributed by atoms with Gasteiger partial charge in [0, 0.05) is 17.7 Å². The van der Waals surface area contributed by atoms with Gasteiger partial charge in [0.1, 0.15) is 11.6 Å². The Morgan fingerprint density at radius 3 is 2.45 bits per heavy atom. The minimum atomic E-state index is -0.356. The van der Waals surface area contributed by atoms with E-state index in [1.807, 2.05) is 49.4 Å². The molecule has 0 aromatic heterocycles. The molecule has 0 bridgehead atoms. The first-order valence-electron chi connectivity index (χ1n) is 11.1. The van der Waals surface area contributed by atoms with Crippen LogP contribution in [0.1, 0.15) is 42.9 Å². The lowest BCUT2D eigenvalue weighted by Gasteiger charge is -2.30. The number of carbonyl (C=O) groups excluding carboxylic acids is 1. The molecule has 0 radical (unpaired) electrons. The molecule has 168 valence electrons. The van der Waals surface area contributed by atoms with Crippen molar-refractivity contribution < 1.29 is 13.9 Å². The molecule has 33 heavy (non-hydrogen) atoms. The summed E-state index contributed by atoms with van der Waals surface area (Å²) in [5, 5.41) is 7.58. The molecule has 3 aromatic rings. The monoisotopic (exact) mass is 462 g/mol. The van der Waals surface area contributed by atoms with E-state index in [0.29, 0.717) is 35.8 Å². The second kappa shape index (κ2) is 8.91. The molecular weight excluding hydrogens is 439 g/mol. The van der Waals surface area contributed by atoms with Crippen molar-refractivity contribution in [2.75, 3.05) is 17.2 Å². The molecule has 5 rings (SSSR count). The summed E-state index contributed by atoms with van der Waals surface area (Å²) in [7, 11) is 0. The first-order chi connectivity index (χ1) is 16.0. The Morgan fingerprint density at radius 1 is 1.00 bits per heavy atom. The van der Waals surface area contributed by atoms with E-state index in [1.165, 1.54) is 12.1 Å². The minimum Gasteiger partial charge on any atom is -0.492 e. The highest BCUT2D eigenvalue weighted by molar-refractivity contribution is 6.32. The van der Waals surface area contributed by atoms with Crippen LogP contribution in [0.4, 0.5) is 15.8 Å². The van der Waals surface area contributed by atoms with Gasteiger partial charge in [0.05, 0.1) is 29.0 Å². The molecule has 2 aliphatic rings. The zero-order chi connectivity index (χ0) is 22.9. The maximum absolute atomic E-state index is 13.6. The largest absolute Gasteiger partial charge is 0.492 e. The van der Waals surface area contributed by atoms with Crippen LogP contribution in [-0.4, -0.2) is 12.4 Å². The Labute approximate surface area is 197 Å². The molecule has 4 nitrogen and oxygen atoms in total. The van der Waals surface area contributed by atoms with Crippen LogP contribution in [0.15, 0.2) is 78.0 Å². The Kier molecular flexibility index (Phi) is 5.81. The van der Waals surface area contributed by atoms with Crippen molar-refractivity contribution in [1.29, 1.82) is 0 Å². The van der Waals surface area contributed by atoms with Gasteiger partial charge in [-0.25, -0.2) is 4.39 Å². The number of ketones is 1. The van der Waals surface area contributed by atoms with Gasteiger partial charge >= 0.3 is 0 Å². The average Bonchev–Trinajstić information content (AvgIpc) is 2.98. The van der Waals surface area contributed by atoms with E-state index in [0.717, 1.165) is 28.2 Å². The molecule has 1 aliphatic carbocycles. The third kappa shape index (κ3) is 4.21. The van der Waals surface area contributed by atoms with E-state index in [4.69, 9.17) is 16.3 Å². The Morgan fingerprint density at radius 2 is 1.73 bits per heavy atom. The summed E-state index contributed by atoms with van der Waals surface area (Å²) in [6, 6.07) is 19.7. The molecule has 3 aromatic carbocycles. The van der Waals surface area contributed by atoms with Gasteiger partial charge in [0.15, 0.2) is 5.78 Å². The number of benzene rings is 3. The molecule has 2 unspecified atom stereocenters.